The van der Waals surface area contributed by atoms with Gasteiger partial charge in [0.15, 0.2) is 0 Å². The molecule has 1 atom stereocenters. The fourth-order valence-corrected chi connectivity index (χ4v) is 1.37. The Hall–Kier alpha value is -0.840. The smallest absolute Gasteiger partial charge is 0.340 e. The number of hydrogen-bond donors (Lipinski definition) is 0. The summed E-state index contributed by atoms with van der Waals surface area (Å²) in [5.74, 6) is -0.497. The Labute approximate surface area is 110 Å². The van der Waals surface area contributed by atoms with Crippen molar-refractivity contribution in [2.24, 2.45) is 0 Å². The van der Waals surface area contributed by atoms with Gasteiger partial charge in [-0.25, -0.2) is 9.78 Å². The van der Waals surface area contributed by atoms with Gasteiger partial charge in [0.25, 0.3) is 0 Å². The Bertz CT molecular complexity index is 398. The molecular weight excluding hydrogens is 265 g/mol. The number of pyridine rings is 1. The summed E-state index contributed by atoms with van der Waals surface area (Å²) in [5, 5.41) is 0.379. The van der Waals surface area contributed by atoms with Crippen LogP contribution in [0, 0.1) is 0 Å². The number of rotatable bonds is 5. The van der Waals surface area contributed by atoms with E-state index in [1.54, 1.807) is 6.92 Å². The van der Waals surface area contributed by atoms with Gasteiger partial charge in [0.2, 0.25) is 0 Å². The molecule has 0 aromatic carbocycles. The van der Waals surface area contributed by atoms with Crippen LogP contribution in [0.1, 0.15) is 24.2 Å². The van der Waals surface area contributed by atoms with Crippen molar-refractivity contribution < 1.29 is 14.3 Å². The van der Waals surface area contributed by atoms with Crippen LogP contribution in [0.5, 0.6) is 0 Å². The Morgan fingerprint density at radius 1 is 1.53 bits per heavy atom. The van der Waals surface area contributed by atoms with Gasteiger partial charge in [-0.15, -0.1) is 0 Å². The van der Waals surface area contributed by atoms with E-state index in [-0.39, 0.29) is 21.8 Å². The van der Waals surface area contributed by atoms with Gasteiger partial charge < -0.3 is 9.47 Å². The Kier molecular flexibility index (Phi) is 5.68. The van der Waals surface area contributed by atoms with Gasteiger partial charge in [-0.2, -0.15) is 0 Å². The molecule has 0 amide bonds. The topological polar surface area (TPSA) is 48.4 Å². The maximum Gasteiger partial charge on any atom is 0.340 e. The van der Waals surface area contributed by atoms with E-state index in [9.17, 15) is 4.79 Å². The quantitative estimate of drug-likeness (QED) is 0.613. The summed E-state index contributed by atoms with van der Waals surface area (Å²) >= 11 is 11.4. The van der Waals surface area contributed by atoms with Gasteiger partial charge in [-0.1, -0.05) is 23.2 Å². The van der Waals surface area contributed by atoms with Crippen LogP contribution in [0.15, 0.2) is 12.3 Å². The monoisotopic (exact) mass is 277 g/mol. The first-order chi connectivity index (χ1) is 8.04. The van der Waals surface area contributed by atoms with Crippen LogP contribution in [0.25, 0.3) is 0 Å². The molecule has 0 saturated carbocycles. The highest BCUT2D eigenvalue weighted by Gasteiger charge is 2.14. The number of esters is 1. The molecule has 0 aliphatic rings. The van der Waals surface area contributed by atoms with Crippen LogP contribution in [0.2, 0.25) is 10.2 Å². The number of hydrogen-bond acceptors (Lipinski definition) is 4. The molecule has 0 saturated heterocycles. The molecule has 0 fully saturated rings. The first-order valence-electron chi connectivity index (χ1n) is 5.14. The highest BCUT2D eigenvalue weighted by molar-refractivity contribution is 6.41. The molecule has 17 heavy (non-hydrogen) atoms. The lowest BCUT2D eigenvalue weighted by molar-refractivity contribution is 0.00436. The van der Waals surface area contributed by atoms with Crippen molar-refractivity contribution in [3.8, 4) is 0 Å². The van der Waals surface area contributed by atoms with Crippen molar-refractivity contribution >= 4 is 29.2 Å². The molecule has 0 N–H and O–H groups in total. The largest absolute Gasteiger partial charge is 0.457 e. The molecule has 0 spiro atoms. The van der Waals surface area contributed by atoms with E-state index in [0.717, 1.165) is 0 Å². The lowest BCUT2D eigenvalue weighted by Crippen LogP contribution is -2.20. The van der Waals surface area contributed by atoms with Crippen LogP contribution in [0.3, 0.4) is 0 Å². The zero-order valence-electron chi connectivity index (χ0n) is 9.57. The summed E-state index contributed by atoms with van der Waals surface area (Å²) in [4.78, 5) is 15.4. The third-order valence-corrected chi connectivity index (χ3v) is 2.58. The number of halogens is 2. The summed E-state index contributed by atoms with van der Waals surface area (Å²) in [7, 11) is 0. The average Bonchev–Trinajstić information content (AvgIpc) is 2.30. The molecule has 94 valence electrons. The Balaban J connectivity index is 2.60. The molecule has 1 unspecified atom stereocenters. The molecule has 6 heteroatoms. The Morgan fingerprint density at radius 2 is 2.24 bits per heavy atom. The second kappa shape index (κ2) is 6.79. The minimum Gasteiger partial charge on any atom is -0.457 e. The predicted octanol–water partition coefficient (Wildman–Crippen LogP) is 2.97. The normalized spacial score (nSPS) is 12.2. The number of aromatic nitrogens is 1. The molecule has 0 aliphatic heterocycles. The third kappa shape index (κ3) is 4.50. The Morgan fingerprint density at radius 3 is 2.82 bits per heavy atom. The van der Waals surface area contributed by atoms with E-state index in [1.807, 2.05) is 6.92 Å². The van der Waals surface area contributed by atoms with Crippen molar-refractivity contribution in [3.05, 3.63) is 28.0 Å². The summed E-state index contributed by atoms with van der Waals surface area (Å²) < 4.78 is 10.3. The van der Waals surface area contributed by atoms with E-state index in [0.29, 0.717) is 13.2 Å². The molecule has 4 nitrogen and oxygen atoms in total. The van der Waals surface area contributed by atoms with E-state index < -0.39 is 5.97 Å². The van der Waals surface area contributed by atoms with Crippen molar-refractivity contribution in [1.82, 2.24) is 4.98 Å². The molecule has 1 aromatic rings. The summed E-state index contributed by atoms with van der Waals surface area (Å²) in [6, 6.07) is 1.42. The lowest BCUT2D eigenvalue weighted by Gasteiger charge is -2.12. The standard InChI is InChI=1S/C11H13Cl2NO3/c1-3-16-6-7(2)17-11(15)8-4-9(12)10(13)14-5-8/h4-5,7H,3,6H2,1-2H3. The van der Waals surface area contributed by atoms with Gasteiger partial charge in [0, 0.05) is 12.8 Å². The fraction of sp³-hybridized carbons (Fsp3) is 0.455. The third-order valence-electron chi connectivity index (χ3n) is 1.90. The maximum absolute atomic E-state index is 11.7. The maximum atomic E-state index is 11.7. The SMILES string of the molecule is CCOCC(C)OC(=O)c1cnc(Cl)c(Cl)c1. The second-order valence-corrected chi connectivity index (χ2v) is 4.14. The zero-order valence-corrected chi connectivity index (χ0v) is 11.1. The van der Waals surface area contributed by atoms with E-state index in [2.05, 4.69) is 4.98 Å². The highest BCUT2D eigenvalue weighted by Crippen LogP contribution is 2.20. The van der Waals surface area contributed by atoms with Crippen LogP contribution >= 0.6 is 23.2 Å². The van der Waals surface area contributed by atoms with Gasteiger partial charge in [-0.05, 0) is 19.9 Å². The lowest BCUT2D eigenvalue weighted by atomic mass is 10.3. The molecule has 1 rings (SSSR count). The number of carbonyl (C=O) groups is 1. The average molecular weight is 278 g/mol. The number of nitrogens with zero attached hydrogens (tertiary/aromatic N) is 1. The first kappa shape index (κ1) is 14.2. The summed E-state index contributed by atoms with van der Waals surface area (Å²) in [5.41, 5.74) is 0.266. The first-order valence-corrected chi connectivity index (χ1v) is 5.90. The molecular formula is C11H13Cl2NO3. The van der Waals surface area contributed by atoms with Gasteiger partial charge in [-0.3, -0.25) is 0 Å². The minimum absolute atomic E-state index is 0.158. The summed E-state index contributed by atoms with van der Waals surface area (Å²) in [6.45, 7) is 4.56. The summed E-state index contributed by atoms with van der Waals surface area (Å²) in [6.07, 6.45) is 1.00. The molecule has 0 aliphatic carbocycles. The molecule has 1 heterocycles. The van der Waals surface area contributed by atoms with Crippen LogP contribution in [0.4, 0.5) is 0 Å². The number of ether oxygens (including phenoxy) is 2. The van der Waals surface area contributed by atoms with Crippen LogP contribution in [-0.4, -0.2) is 30.3 Å². The number of carbonyl (C=O) groups excluding carboxylic acids is 1. The fourth-order valence-electron chi connectivity index (χ4n) is 1.10. The second-order valence-electron chi connectivity index (χ2n) is 3.37. The van der Waals surface area contributed by atoms with Crippen molar-refractivity contribution in [2.75, 3.05) is 13.2 Å². The van der Waals surface area contributed by atoms with Crippen molar-refractivity contribution in [2.45, 2.75) is 20.0 Å². The van der Waals surface area contributed by atoms with Crippen LogP contribution < -0.4 is 0 Å². The van der Waals surface area contributed by atoms with E-state index in [4.69, 9.17) is 32.7 Å². The minimum atomic E-state index is -0.497. The predicted molar refractivity (Wildman–Crippen MR) is 65.6 cm³/mol. The molecule has 0 radical (unpaired) electrons. The van der Waals surface area contributed by atoms with Crippen molar-refractivity contribution in [1.29, 1.82) is 0 Å². The zero-order chi connectivity index (χ0) is 12.8. The highest BCUT2D eigenvalue weighted by atomic mass is 35.5. The van der Waals surface area contributed by atoms with Crippen molar-refractivity contribution in [3.63, 3.8) is 0 Å². The van der Waals surface area contributed by atoms with E-state index in [1.165, 1.54) is 12.3 Å². The molecule has 1 aromatic heterocycles. The van der Waals surface area contributed by atoms with Gasteiger partial charge in [0.05, 0.1) is 17.2 Å². The molecule has 0 bridgehead atoms. The van der Waals surface area contributed by atoms with Gasteiger partial charge >= 0.3 is 5.97 Å². The van der Waals surface area contributed by atoms with Crippen LogP contribution in [-0.2, 0) is 9.47 Å². The van der Waals surface area contributed by atoms with Gasteiger partial charge in [0.1, 0.15) is 11.3 Å². The van der Waals surface area contributed by atoms with E-state index >= 15 is 0 Å².